The van der Waals surface area contributed by atoms with Gasteiger partial charge in [0.1, 0.15) is 0 Å². The highest BCUT2D eigenvalue weighted by atomic mass is 16.1. The van der Waals surface area contributed by atoms with Gasteiger partial charge in [-0.2, -0.15) is 0 Å². The summed E-state index contributed by atoms with van der Waals surface area (Å²) in [5.74, 6) is 0.0410. The zero-order valence-corrected chi connectivity index (χ0v) is 11.3. The van der Waals surface area contributed by atoms with Gasteiger partial charge in [-0.3, -0.25) is 4.79 Å². The minimum Gasteiger partial charge on any atom is -0.399 e. The number of nitrogen functional groups attached to an aromatic ring is 1. The minimum absolute atomic E-state index is 0.0410. The summed E-state index contributed by atoms with van der Waals surface area (Å²) in [5.41, 5.74) is 8.77. The molecule has 3 aromatic rings. The molecule has 0 bridgehead atoms. The Morgan fingerprint density at radius 2 is 1.60 bits per heavy atom. The van der Waals surface area contributed by atoms with Crippen molar-refractivity contribution in [1.29, 1.82) is 0 Å². The molecule has 0 unspecified atom stereocenters. The van der Waals surface area contributed by atoms with E-state index in [1.807, 2.05) is 43.3 Å². The SMILES string of the molecule is Cc1ccc2ccccc2c1C(=O)c1ccc(N)cc1. The molecule has 2 N–H and O–H groups in total. The number of aryl methyl sites for hydroxylation is 1. The molecule has 0 saturated heterocycles. The van der Waals surface area contributed by atoms with Crippen molar-refractivity contribution in [2.45, 2.75) is 6.92 Å². The number of carbonyl (C=O) groups excluding carboxylic acids is 1. The smallest absolute Gasteiger partial charge is 0.193 e. The molecule has 0 amide bonds. The van der Waals surface area contributed by atoms with Crippen LogP contribution in [-0.4, -0.2) is 5.78 Å². The lowest BCUT2D eigenvalue weighted by Crippen LogP contribution is -2.05. The van der Waals surface area contributed by atoms with Crippen LogP contribution < -0.4 is 5.73 Å². The van der Waals surface area contributed by atoms with Gasteiger partial charge in [0.2, 0.25) is 0 Å². The summed E-state index contributed by atoms with van der Waals surface area (Å²) in [6.07, 6.45) is 0. The third-order valence-corrected chi connectivity index (χ3v) is 3.54. The fourth-order valence-corrected chi connectivity index (χ4v) is 2.46. The first-order valence-corrected chi connectivity index (χ1v) is 6.55. The van der Waals surface area contributed by atoms with E-state index >= 15 is 0 Å². The Morgan fingerprint density at radius 1 is 0.900 bits per heavy atom. The normalized spacial score (nSPS) is 10.7. The largest absolute Gasteiger partial charge is 0.399 e. The maximum absolute atomic E-state index is 12.8. The Bertz CT molecular complexity index is 788. The summed E-state index contributed by atoms with van der Waals surface area (Å²) in [6, 6.07) is 19.1. The zero-order chi connectivity index (χ0) is 14.1. The fraction of sp³-hybridized carbons (Fsp3) is 0.0556. The van der Waals surface area contributed by atoms with Crippen molar-refractivity contribution in [1.82, 2.24) is 0 Å². The lowest BCUT2D eigenvalue weighted by atomic mass is 9.93. The number of benzene rings is 3. The van der Waals surface area contributed by atoms with E-state index in [4.69, 9.17) is 5.73 Å². The van der Waals surface area contributed by atoms with E-state index < -0.39 is 0 Å². The topological polar surface area (TPSA) is 43.1 Å². The van der Waals surface area contributed by atoms with Gasteiger partial charge in [-0.15, -0.1) is 0 Å². The molecule has 0 aliphatic rings. The molecule has 0 aromatic heterocycles. The summed E-state index contributed by atoms with van der Waals surface area (Å²) in [4.78, 5) is 12.8. The second-order valence-corrected chi connectivity index (χ2v) is 4.93. The van der Waals surface area contributed by atoms with Gasteiger partial charge in [0.15, 0.2) is 5.78 Å². The summed E-state index contributed by atoms with van der Waals surface area (Å²) in [7, 11) is 0. The molecule has 0 heterocycles. The Hall–Kier alpha value is -2.61. The Balaban J connectivity index is 2.21. The number of carbonyl (C=O) groups is 1. The maximum Gasteiger partial charge on any atom is 0.193 e. The Kier molecular flexibility index (Phi) is 2.99. The second kappa shape index (κ2) is 4.82. The molecular weight excluding hydrogens is 246 g/mol. The predicted octanol–water partition coefficient (Wildman–Crippen LogP) is 3.96. The van der Waals surface area contributed by atoms with Gasteiger partial charge in [-0.25, -0.2) is 0 Å². The van der Waals surface area contributed by atoms with Crippen molar-refractivity contribution >= 4 is 22.2 Å². The number of hydrogen-bond acceptors (Lipinski definition) is 2. The maximum atomic E-state index is 12.8. The molecule has 2 heteroatoms. The van der Waals surface area contributed by atoms with Crippen LogP contribution in [0.2, 0.25) is 0 Å². The van der Waals surface area contributed by atoms with Gasteiger partial charge in [0.25, 0.3) is 0 Å². The van der Waals surface area contributed by atoms with Crippen molar-refractivity contribution in [3.05, 3.63) is 77.4 Å². The fourth-order valence-electron chi connectivity index (χ4n) is 2.46. The van der Waals surface area contributed by atoms with Gasteiger partial charge in [0, 0.05) is 16.8 Å². The van der Waals surface area contributed by atoms with Crippen LogP contribution in [0, 0.1) is 6.92 Å². The van der Waals surface area contributed by atoms with Gasteiger partial charge in [-0.1, -0.05) is 36.4 Å². The number of anilines is 1. The Morgan fingerprint density at radius 3 is 2.35 bits per heavy atom. The molecule has 3 aromatic carbocycles. The second-order valence-electron chi connectivity index (χ2n) is 4.93. The van der Waals surface area contributed by atoms with E-state index in [-0.39, 0.29) is 5.78 Å². The van der Waals surface area contributed by atoms with Crippen LogP contribution >= 0.6 is 0 Å². The number of ketones is 1. The van der Waals surface area contributed by atoms with Crippen LogP contribution in [0.5, 0.6) is 0 Å². The summed E-state index contributed by atoms with van der Waals surface area (Å²) in [6.45, 7) is 1.97. The monoisotopic (exact) mass is 261 g/mol. The lowest BCUT2D eigenvalue weighted by Gasteiger charge is -2.09. The molecule has 0 radical (unpaired) electrons. The predicted molar refractivity (Wildman–Crippen MR) is 83.0 cm³/mol. The first-order chi connectivity index (χ1) is 9.66. The van der Waals surface area contributed by atoms with E-state index in [1.54, 1.807) is 24.3 Å². The van der Waals surface area contributed by atoms with Gasteiger partial charge < -0.3 is 5.73 Å². The number of rotatable bonds is 2. The zero-order valence-electron chi connectivity index (χ0n) is 11.3. The lowest BCUT2D eigenvalue weighted by molar-refractivity contribution is 0.104. The first-order valence-electron chi connectivity index (χ1n) is 6.55. The van der Waals surface area contributed by atoms with Gasteiger partial charge in [0.05, 0.1) is 0 Å². The van der Waals surface area contributed by atoms with E-state index in [2.05, 4.69) is 0 Å². The highest BCUT2D eigenvalue weighted by Crippen LogP contribution is 2.25. The first kappa shape index (κ1) is 12.4. The summed E-state index contributed by atoms with van der Waals surface area (Å²) in [5, 5.41) is 2.08. The highest BCUT2D eigenvalue weighted by molar-refractivity contribution is 6.17. The average Bonchev–Trinajstić information content (AvgIpc) is 2.47. The van der Waals surface area contributed by atoms with E-state index in [1.165, 1.54) is 0 Å². The molecule has 3 rings (SSSR count). The summed E-state index contributed by atoms with van der Waals surface area (Å²) >= 11 is 0. The van der Waals surface area contributed by atoms with Crippen molar-refractivity contribution < 1.29 is 4.79 Å². The van der Waals surface area contributed by atoms with Gasteiger partial charge in [-0.05, 0) is 47.5 Å². The van der Waals surface area contributed by atoms with E-state index in [9.17, 15) is 4.79 Å². The van der Waals surface area contributed by atoms with Crippen LogP contribution in [-0.2, 0) is 0 Å². The summed E-state index contributed by atoms with van der Waals surface area (Å²) < 4.78 is 0. The molecule has 0 saturated carbocycles. The number of nitrogens with two attached hydrogens (primary N) is 1. The van der Waals surface area contributed by atoms with Crippen LogP contribution in [0.1, 0.15) is 21.5 Å². The molecule has 0 atom stereocenters. The van der Waals surface area contributed by atoms with Crippen LogP contribution in [0.4, 0.5) is 5.69 Å². The van der Waals surface area contributed by atoms with Crippen molar-refractivity contribution in [3.8, 4) is 0 Å². The molecule has 20 heavy (non-hydrogen) atoms. The van der Waals surface area contributed by atoms with Gasteiger partial charge >= 0.3 is 0 Å². The van der Waals surface area contributed by atoms with Crippen LogP contribution in [0.3, 0.4) is 0 Å². The third kappa shape index (κ3) is 2.05. The average molecular weight is 261 g/mol. The third-order valence-electron chi connectivity index (χ3n) is 3.54. The molecule has 0 aliphatic carbocycles. The molecular formula is C18H15NO. The number of fused-ring (bicyclic) bond motifs is 1. The molecule has 98 valence electrons. The van der Waals surface area contributed by atoms with E-state index in [0.717, 1.165) is 21.9 Å². The number of hydrogen-bond donors (Lipinski definition) is 1. The molecule has 0 spiro atoms. The molecule has 0 fully saturated rings. The molecule has 0 aliphatic heterocycles. The van der Waals surface area contributed by atoms with Crippen LogP contribution in [0.15, 0.2) is 60.7 Å². The van der Waals surface area contributed by atoms with Crippen LogP contribution in [0.25, 0.3) is 10.8 Å². The molecule has 2 nitrogen and oxygen atoms in total. The van der Waals surface area contributed by atoms with E-state index in [0.29, 0.717) is 11.3 Å². The standard InChI is InChI=1S/C18H15NO/c1-12-6-7-13-4-2-3-5-16(13)17(12)18(20)14-8-10-15(19)11-9-14/h2-11H,19H2,1H3. The van der Waals surface area contributed by atoms with Crippen molar-refractivity contribution in [2.75, 3.05) is 5.73 Å². The van der Waals surface area contributed by atoms with Crippen molar-refractivity contribution in [2.24, 2.45) is 0 Å². The van der Waals surface area contributed by atoms with Crippen molar-refractivity contribution in [3.63, 3.8) is 0 Å². The Labute approximate surface area is 117 Å². The minimum atomic E-state index is 0.0410. The quantitative estimate of drug-likeness (QED) is 0.560. The highest BCUT2D eigenvalue weighted by Gasteiger charge is 2.14.